The van der Waals surface area contributed by atoms with Crippen molar-refractivity contribution in [2.24, 2.45) is 0 Å². The minimum atomic E-state index is 0.477. The minimum absolute atomic E-state index is 0.477. The van der Waals surface area contributed by atoms with Gasteiger partial charge in [0.25, 0.3) is 0 Å². The summed E-state index contributed by atoms with van der Waals surface area (Å²) < 4.78 is 2.35. The molecule has 1 aliphatic rings. The van der Waals surface area contributed by atoms with Crippen LogP contribution < -0.4 is 5.32 Å². The van der Waals surface area contributed by atoms with Crippen LogP contribution in [-0.4, -0.2) is 16.9 Å². The Labute approximate surface area is 125 Å². The molecule has 2 heterocycles. The Balaban J connectivity index is 1.65. The maximum absolute atomic E-state index is 3.37. The third-order valence-electron chi connectivity index (χ3n) is 4.06. The van der Waals surface area contributed by atoms with Crippen LogP contribution in [-0.2, 0) is 13.0 Å². The molecule has 0 bridgehead atoms. The fraction of sp³-hybridized carbons (Fsp3) is 0.412. The van der Waals surface area contributed by atoms with Crippen molar-refractivity contribution in [3.05, 3.63) is 53.9 Å². The zero-order valence-electron chi connectivity index (χ0n) is 12.2. The summed E-state index contributed by atoms with van der Waals surface area (Å²) in [5.41, 5.74) is 2.91. The number of hydrogen-bond donors (Lipinski definition) is 1. The normalized spacial score (nSPS) is 19.0. The van der Waals surface area contributed by atoms with Crippen LogP contribution >= 0.6 is 11.8 Å². The fourth-order valence-corrected chi connectivity index (χ4v) is 4.30. The van der Waals surface area contributed by atoms with Crippen LogP contribution in [0, 0.1) is 0 Å². The number of rotatable bonds is 5. The third-order valence-corrected chi connectivity index (χ3v) is 5.36. The van der Waals surface area contributed by atoms with E-state index in [2.05, 4.69) is 59.5 Å². The van der Waals surface area contributed by atoms with Crippen LogP contribution in [0.3, 0.4) is 0 Å². The highest BCUT2D eigenvalue weighted by Crippen LogP contribution is 2.37. The molecular formula is C17H22N2S. The highest BCUT2D eigenvalue weighted by atomic mass is 32.2. The molecule has 0 saturated heterocycles. The van der Waals surface area contributed by atoms with E-state index >= 15 is 0 Å². The first-order chi connectivity index (χ1) is 9.80. The van der Waals surface area contributed by atoms with Gasteiger partial charge < -0.3 is 9.88 Å². The van der Waals surface area contributed by atoms with E-state index < -0.39 is 0 Å². The summed E-state index contributed by atoms with van der Waals surface area (Å²) in [5, 5.41) is 4.04. The van der Waals surface area contributed by atoms with Crippen LogP contribution in [0.2, 0.25) is 0 Å². The van der Waals surface area contributed by atoms with E-state index in [1.807, 2.05) is 18.8 Å². The highest BCUT2D eigenvalue weighted by Gasteiger charge is 2.22. The summed E-state index contributed by atoms with van der Waals surface area (Å²) in [5.74, 6) is 0. The monoisotopic (exact) mass is 286 g/mol. The second kappa shape index (κ2) is 6.06. The zero-order chi connectivity index (χ0) is 13.9. The summed E-state index contributed by atoms with van der Waals surface area (Å²) in [6, 6.07) is 11.5. The van der Waals surface area contributed by atoms with Gasteiger partial charge >= 0.3 is 0 Å². The van der Waals surface area contributed by atoms with Gasteiger partial charge in [-0.05, 0) is 43.1 Å². The van der Waals surface area contributed by atoms with Crippen molar-refractivity contribution in [2.45, 2.75) is 42.5 Å². The Morgan fingerprint density at radius 2 is 2.20 bits per heavy atom. The van der Waals surface area contributed by atoms with Gasteiger partial charge in [0.1, 0.15) is 0 Å². The van der Waals surface area contributed by atoms with E-state index in [9.17, 15) is 0 Å². The van der Waals surface area contributed by atoms with E-state index in [4.69, 9.17) is 0 Å². The topological polar surface area (TPSA) is 17.0 Å². The van der Waals surface area contributed by atoms with E-state index in [1.54, 1.807) is 0 Å². The molecule has 2 aromatic rings. The second-order valence-corrected chi connectivity index (χ2v) is 6.79. The molecule has 0 amide bonds. The van der Waals surface area contributed by atoms with Crippen LogP contribution in [0.1, 0.15) is 30.5 Å². The Morgan fingerprint density at radius 1 is 1.35 bits per heavy atom. The molecule has 106 valence electrons. The van der Waals surface area contributed by atoms with Gasteiger partial charge in [-0.3, -0.25) is 0 Å². The number of thioether (sulfide) groups is 1. The first-order valence-corrected chi connectivity index (χ1v) is 8.25. The Bertz CT molecular complexity index is 547. The van der Waals surface area contributed by atoms with Crippen molar-refractivity contribution in [1.82, 2.24) is 9.88 Å². The maximum atomic E-state index is 3.37. The van der Waals surface area contributed by atoms with Crippen LogP contribution in [0.15, 0.2) is 47.6 Å². The first kappa shape index (κ1) is 13.8. The van der Waals surface area contributed by atoms with Gasteiger partial charge in [-0.1, -0.05) is 25.1 Å². The molecule has 0 aliphatic carbocycles. The zero-order valence-corrected chi connectivity index (χ0v) is 13.0. The fourth-order valence-electron chi connectivity index (χ4n) is 2.98. The standard InChI is InChI=1S/C17H22N2S/c1-3-16(18-2)14-8-9-19(11-14)12-15-10-13-6-4-5-7-17(13)20-15/h4-9,11,15-16,18H,3,10,12H2,1-2H3. The molecule has 2 atom stereocenters. The number of hydrogen-bond acceptors (Lipinski definition) is 2. The molecule has 2 unspecified atom stereocenters. The van der Waals surface area contributed by atoms with Crippen molar-refractivity contribution in [3.63, 3.8) is 0 Å². The van der Waals surface area contributed by atoms with Crippen molar-refractivity contribution in [2.75, 3.05) is 7.05 Å². The molecule has 20 heavy (non-hydrogen) atoms. The SMILES string of the molecule is CCC(NC)c1ccn(CC2Cc3ccccc3S2)c1. The van der Waals surface area contributed by atoms with E-state index in [-0.39, 0.29) is 0 Å². The van der Waals surface area contributed by atoms with Gasteiger partial charge in [-0.25, -0.2) is 0 Å². The number of nitrogens with one attached hydrogen (secondary N) is 1. The van der Waals surface area contributed by atoms with Crippen molar-refractivity contribution in [1.29, 1.82) is 0 Å². The van der Waals surface area contributed by atoms with Crippen LogP contribution in [0.5, 0.6) is 0 Å². The Morgan fingerprint density at radius 3 is 2.95 bits per heavy atom. The second-order valence-electron chi connectivity index (χ2n) is 5.44. The van der Waals surface area contributed by atoms with Crippen molar-refractivity contribution in [3.8, 4) is 0 Å². The maximum Gasteiger partial charge on any atom is 0.0345 e. The number of nitrogens with zero attached hydrogens (tertiary/aromatic N) is 1. The number of benzene rings is 1. The van der Waals surface area contributed by atoms with Gasteiger partial charge in [0, 0.05) is 35.1 Å². The Hall–Kier alpha value is -1.19. The smallest absolute Gasteiger partial charge is 0.0345 e. The summed E-state index contributed by atoms with van der Waals surface area (Å²) in [4.78, 5) is 1.46. The molecule has 2 nitrogen and oxygen atoms in total. The van der Waals surface area contributed by atoms with Gasteiger partial charge in [0.15, 0.2) is 0 Å². The van der Waals surface area contributed by atoms with Crippen LogP contribution in [0.4, 0.5) is 0 Å². The van der Waals surface area contributed by atoms with Crippen LogP contribution in [0.25, 0.3) is 0 Å². The van der Waals surface area contributed by atoms with E-state index in [0.717, 1.165) is 13.0 Å². The van der Waals surface area contributed by atoms with Gasteiger partial charge in [-0.15, -0.1) is 11.8 Å². The highest BCUT2D eigenvalue weighted by molar-refractivity contribution is 8.00. The van der Waals surface area contributed by atoms with E-state index in [0.29, 0.717) is 11.3 Å². The quantitative estimate of drug-likeness (QED) is 0.898. The largest absolute Gasteiger partial charge is 0.353 e. The first-order valence-electron chi connectivity index (χ1n) is 7.37. The Kier molecular flexibility index (Phi) is 4.18. The molecular weight excluding hydrogens is 264 g/mol. The van der Waals surface area contributed by atoms with Gasteiger partial charge in [-0.2, -0.15) is 0 Å². The average Bonchev–Trinajstić information content (AvgIpc) is 3.07. The lowest BCUT2D eigenvalue weighted by Gasteiger charge is -2.12. The lowest BCUT2D eigenvalue weighted by Crippen LogP contribution is -2.15. The summed E-state index contributed by atoms with van der Waals surface area (Å²) >= 11 is 2.02. The molecule has 0 radical (unpaired) electrons. The summed E-state index contributed by atoms with van der Waals surface area (Å²) in [7, 11) is 2.04. The lowest BCUT2D eigenvalue weighted by molar-refractivity contribution is 0.573. The minimum Gasteiger partial charge on any atom is -0.353 e. The summed E-state index contributed by atoms with van der Waals surface area (Å²) in [6.45, 7) is 3.32. The average molecular weight is 286 g/mol. The lowest BCUT2D eigenvalue weighted by atomic mass is 10.1. The number of fused-ring (bicyclic) bond motifs is 1. The predicted octanol–water partition coefficient (Wildman–Crippen LogP) is 3.88. The molecule has 1 N–H and O–H groups in total. The summed E-state index contributed by atoms with van der Waals surface area (Å²) in [6.07, 6.45) is 6.84. The molecule has 0 saturated carbocycles. The molecule has 1 aliphatic heterocycles. The molecule has 3 rings (SSSR count). The molecule has 3 heteroatoms. The molecule has 0 fully saturated rings. The number of aromatic nitrogens is 1. The van der Waals surface area contributed by atoms with Gasteiger partial charge in [0.05, 0.1) is 0 Å². The molecule has 1 aromatic heterocycles. The van der Waals surface area contributed by atoms with Gasteiger partial charge in [0.2, 0.25) is 0 Å². The third kappa shape index (κ3) is 2.79. The van der Waals surface area contributed by atoms with Crippen molar-refractivity contribution >= 4 is 11.8 Å². The molecule has 1 aromatic carbocycles. The van der Waals surface area contributed by atoms with Crippen molar-refractivity contribution < 1.29 is 0 Å². The van der Waals surface area contributed by atoms with E-state index in [1.165, 1.54) is 22.4 Å². The predicted molar refractivity (Wildman–Crippen MR) is 86.3 cm³/mol. The molecule has 0 spiro atoms.